The molecule has 1 aliphatic rings. The van der Waals surface area contributed by atoms with E-state index in [0.29, 0.717) is 16.3 Å². The Balaban J connectivity index is 1.47. The topological polar surface area (TPSA) is 76.0 Å². The van der Waals surface area contributed by atoms with Gasteiger partial charge in [-0.3, -0.25) is 9.59 Å². The van der Waals surface area contributed by atoms with Crippen LogP contribution in [0.1, 0.15) is 42.9 Å². The second-order valence-corrected chi connectivity index (χ2v) is 8.90. The van der Waals surface area contributed by atoms with Gasteiger partial charge in [-0.2, -0.15) is 0 Å². The van der Waals surface area contributed by atoms with Crippen LogP contribution in [-0.2, 0) is 17.8 Å². The van der Waals surface area contributed by atoms with E-state index in [1.54, 1.807) is 24.3 Å². The minimum Gasteiger partial charge on any atom is -0.340 e. The molecular weight excluding hydrogens is 424 g/mol. The third-order valence-corrected chi connectivity index (χ3v) is 5.93. The Morgan fingerprint density at radius 1 is 1.09 bits per heavy atom. The number of halogens is 1. The standard InChI is InChI=1S/C25H27ClN4O2/c1-16(2)23(29-24(31)17-9-11-19(26)12-10-17)25(32)27-20-7-5-6-18(14-20)21-15-30-13-4-3-8-22(30)28-21/h5-7,9-12,14-16,23H,3-4,8,13H2,1-2H3,(H,27,32)(H,29,31)/t23-/m1/s1. The van der Waals surface area contributed by atoms with Crippen molar-refractivity contribution in [2.24, 2.45) is 5.92 Å². The number of aryl methyl sites for hydroxylation is 2. The van der Waals surface area contributed by atoms with Crippen LogP contribution in [0.3, 0.4) is 0 Å². The summed E-state index contributed by atoms with van der Waals surface area (Å²) in [6, 6.07) is 13.6. The Hall–Kier alpha value is -3.12. The molecule has 0 spiro atoms. The van der Waals surface area contributed by atoms with Crippen LogP contribution in [0.25, 0.3) is 11.3 Å². The molecule has 1 aromatic heterocycles. The van der Waals surface area contributed by atoms with Crippen LogP contribution < -0.4 is 10.6 Å². The first-order valence-corrected chi connectivity index (χ1v) is 11.3. The van der Waals surface area contributed by atoms with Crippen LogP contribution in [0, 0.1) is 5.92 Å². The summed E-state index contributed by atoms with van der Waals surface area (Å²) in [5.74, 6) is 0.455. The number of hydrogen-bond donors (Lipinski definition) is 2. The highest BCUT2D eigenvalue weighted by Gasteiger charge is 2.25. The summed E-state index contributed by atoms with van der Waals surface area (Å²) in [4.78, 5) is 30.4. The molecular formula is C25H27ClN4O2. The van der Waals surface area contributed by atoms with Gasteiger partial charge in [0.15, 0.2) is 0 Å². The number of hydrogen-bond acceptors (Lipinski definition) is 3. The van der Waals surface area contributed by atoms with Gasteiger partial charge < -0.3 is 15.2 Å². The van der Waals surface area contributed by atoms with Crippen molar-refractivity contribution in [1.82, 2.24) is 14.9 Å². The summed E-state index contributed by atoms with van der Waals surface area (Å²) in [6.45, 7) is 4.80. The minimum absolute atomic E-state index is 0.0886. The first-order valence-electron chi connectivity index (χ1n) is 10.9. The van der Waals surface area contributed by atoms with Gasteiger partial charge in [0.2, 0.25) is 5.91 Å². The monoisotopic (exact) mass is 450 g/mol. The lowest BCUT2D eigenvalue weighted by molar-refractivity contribution is -0.118. The number of amides is 2. The highest BCUT2D eigenvalue weighted by molar-refractivity contribution is 6.30. The van der Waals surface area contributed by atoms with Crippen molar-refractivity contribution in [3.05, 3.63) is 71.1 Å². The Labute approximate surface area is 193 Å². The first-order chi connectivity index (χ1) is 15.4. The Bertz CT molecular complexity index is 1100. The molecule has 1 aliphatic heterocycles. The Morgan fingerprint density at radius 2 is 1.88 bits per heavy atom. The van der Waals surface area contributed by atoms with E-state index >= 15 is 0 Å². The van der Waals surface area contributed by atoms with Crippen LogP contribution in [-0.4, -0.2) is 27.4 Å². The average molecular weight is 451 g/mol. The minimum atomic E-state index is -0.679. The zero-order valence-corrected chi connectivity index (χ0v) is 19.0. The summed E-state index contributed by atoms with van der Waals surface area (Å²) >= 11 is 5.90. The molecule has 0 fully saturated rings. The summed E-state index contributed by atoms with van der Waals surface area (Å²) in [5, 5.41) is 6.35. The van der Waals surface area contributed by atoms with E-state index in [1.807, 2.05) is 38.1 Å². The van der Waals surface area contributed by atoms with Crippen molar-refractivity contribution in [3.8, 4) is 11.3 Å². The largest absolute Gasteiger partial charge is 0.340 e. The Morgan fingerprint density at radius 3 is 2.59 bits per heavy atom. The van der Waals surface area contributed by atoms with Gasteiger partial charge in [-0.25, -0.2) is 4.98 Å². The number of nitrogens with one attached hydrogen (secondary N) is 2. The van der Waals surface area contributed by atoms with E-state index < -0.39 is 6.04 Å². The molecule has 32 heavy (non-hydrogen) atoms. The van der Waals surface area contributed by atoms with E-state index in [1.165, 1.54) is 12.8 Å². The molecule has 0 aliphatic carbocycles. The van der Waals surface area contributed by atoms with Crippen LogP contribution in [0.4, 0.5) is 5.69 Å². The number of imidazole rings is 1. The van der Waals surface area contributed by atoms with E-state index in [0.717, 1.165) is 30.0 Å². The molecule has 2 heterocycles. The van der Waals surface area contributed by atoms with Crippen LogP contribution in [0.2, 0.25) is 5.02 Å². The summed E-state index contributed by atoms with van der Waals surface area (Å²) in [6.07, 6.45) is 5.43. The molecule has 2 amide bonds. The van der Waals surface area contributed by atoms with Crippen LogP contribution in [0.15, 0.2) is 54.7 Å². The number of carbonyl (C=O) groups excluding carboxylic acids is 2. The number of nitrogens with zero attached hydrogens (tertiary/aromatic N) is 2. The normalized spacial score (nSPS) is 14.0. The molecule has 0 saturated carbocycles. The third-order valence-electron chi connectivity index (χ3n) is 5.68. The van der Waals surface area contributed by atoms with Crippen molar-refractivity contribution in [1.29, 1.82) is 0 Å². The third kappa shape index (κ3) is 5.02. The van der Waals surface area contributed by atoms with Gasteiger partial charge in [0.05, 0.1) is 5.69 Å². The first kappa shape index (κ1) is 22.1. The quantitative estimate of drug-likeness (QED) is 0.558. The van der Waals surface area contributed by atoms with Gasteiger partial charge in [0, 0.05) is 41.0 Å². The fraction of sp³-hybridized carbons (Fsp3) is 0.320. The maximum absolute atomic E-state index is 13.0. The number of anilines is 1. The molecule has 0 unspecified atom stereocenters. The predicted octanol–water partition coefficient (Wildman–Crippen LogP) is 4.93. The highest BCUT2D eigenvalue weighted by Crippen LogP contribution is 2.25. The number of fused-ring (bicyclic) bond motifs is 1. The lowest BCUT2D eigenvalue weighted by Crippen LogP contribution is -2.47. The van der Waals surface area contributed by atoms with Gasteiger partial charge in [-0.1, -0.05) is 37.6 Å². The average Bonchev–Trinajstić information content (AvgIpc) is 3.22. The molecule has 166 valence electrons. The summed E-state index contributed by atoms with van der Waals surface area (Å²) in [7, 11) is 0. The number of aromatic nitrogens is 2. The van der Waals surface area contributed by atoms with Gasteiger partial charge in [0.25, 0.3) is 5.91 Å². The smallest absolute Gasteiger partial charge is 0.251 e. The van der Waals surface area contributed by atoms with Crippen molar-refractivity contribution in [2.75, 3.05) is 5.32 Å². The van der Waals surface area contributed by atoms with E-state index in [2.05, 4.69) is 21.4 Å². The molecule has 0 bridgehead atoms. The molecule has 2 N–H and O–H groups in total. The van der Waals surface area contributed by atoms with Crippen molar-refractivity contribution in [2.45, 2.75) is 45.7 Å². The molecule has 3 aromatic rings. The molecule has 2 aromatic carbocycles. The van der Waals surface area contributed by atoms with E-state index in [4.69, 9.17) is 16.6 Å². The summed E-state index contributed by atoms with van der Waals surface area (Å²) in [5.41, 5.74) is 2.99. The number of rotatable bonds is 6. The predicted molar refractivity (Wildman–Crippen MR) is 127 cm³/mol. The molecule has 7 heteroatoms. The molecule has 4 rings (SSSR count). The second kappa shape index (κ2) is 9.57. The molecule has 0 radical (unpaired) electrons. The van der Waals surface area contributed by atoms with Gasteiger partial charge >= 0.3 is 0 Å². The van der Waals surface area contributed by atoms with E-state index in [9.17, 15) is 9.59 Å². The van der Waals surface area contributed by atoms with Crippen molar-refractivity contribution >= 4 is 29.1 Å². The molecule has 6 nitrogen and oxygen atoms in total. The number of carbonyl (C=O) groups is 2. The fourth-order valence-corrected chi connectivity index (χ4v) is 4.01. The summed E-state index contributed by atoms with van der Waals surface area (Å²) < 4.78 is 2.21. The molecule has 1 atom stereocenters. The van der Waals surface area contributed by atoms with Crippen LogP contribution in [0.5, 0.6) is 0 Å². The fourth-order valence-electron chi connectivity index (χ4n) is 3.89. The van der Waals surface area contributed by atoms with Gasteiger partial charge in [-0.15, -0.1) is 0 Å². The highest BCUT2D eigenvalue weighted by atomic mass is 35.5. The lowest BCUT2D eigenvalue weighted by atomic mass is 10.0. The van der Waals surface area contributed by atoms with Gasteiger partial charge in [-0.05, 0) is 55.2 Å². The van der Waals surface area contributed by atoms with Crippen LogP contribution >= 0.6 is 11.6 Å². The van der Waals surface area contributed by atoms with Crippen molar-refractivity contribution < 1.29 is 9.59 Å². The van der Waals surface area contributed by atoms with Gasteiger partial charge in [0.1, 0.15) is 11.9 Å². The number of benzene rings is 2. The zero-order chi connectivity index (χ0) is 22.7. The SMILES string of the molecule is CC(C)[C@@H](NC(=O)c1ccc(Cl)cc1)C(=O)Nc1cccc(-c2cn3c(n2)CCCC3)c1. The zero-order valence-electron chi connectivity index (χ0n) is 18.3. The molecule has 0 saturated heterocycles. The van der Waals surface area contributed by atoms with E-state index in [-0.39, 0.29) is 17.7 Å². The van der Waals surface area contributed by atoms with Crippen molar-refractivity contribution in [3.63, 3.8) is 0 Å². The second-order valence-electron chi connectivity index (χ2n) is 8.46. The lowest BCUT2D eigenvalue weighted by Gasteiger charge is -2.22. The maximum Gasteiger partial charge on any atom is 0.251 e. The maximum atomic E-state index is 13.0. The Kier molecular flexibility index (Phi) is 6.61.